The van der Waals surface area contributed by atoms with Crippen molar-refractivity contribution in [3.63, 3.8) is 0 Å². The molecule has 2 aliphatic rings. The fourth-order valence-electron chi connectivity index (χ4n) is 7.98. The first-order valence-corrected chi connectivity index (χ1v) is 18.1. The van der Waals surface area contributed by atoms with Crippen molar-refractivity contribution in [2.24, 2.45) is 5.41 Å². The van der Waals surface area contributed by atoms with E-state index in [1.54, 1.807) is 0 Å². The number of allylic oxidation sites excluding steroid dienone is 4. The van der Waals surface area contributed by atoms with Gasteiger partial charge in [0, 0.05) is 22.5 Å². The van der Waals surface area contributed by atoms with Crippen molar-refractivity contribution in [2.45, 2.75) is 13.3 Å². The van der Waals surface area contributed by atoms with Gasteiger partial charge in [-0.15, -0.1) is 0 Å². The van der Waals surface area contributed by atoms with Gasteiger partial charge in [-0.25, -0.2) is 0 Å². The Morgan fingerprint density at radius 3 is 1.50 bits per heavy atom. The first kappa shape index (κ1) is 31.5. The Hall–Kier alpha value is -6.44. The fourth-order valence-corrected chi connectivity index (χ4v) is 7.98. The van der Waals surface area contributed by atoms with E-state index in [1.165, 1.54) is 60.5 Å². The van der Waals surface area contributed by atoms with Gasteiger partial charge in [0.1, 0.15) is 0 Å². The molecule has 0 aromatic heterocycles. The lowest BCUT2D eigenvalue weighted by molar-refractivity contribution is 0.582. The lowest BCUT2D eigenvalue weighted by atomic mass is 9.69. The summed E-state index contributed by atoms with van der Waals surface area (Å²) in [5, 5.41) is 2.67. The maximum atomic E-state index is 2.39. The first-order chi connectivity index (χ1) is 25.6. The predicted octanol–water partition coefficient (Wildman–Crippen LogP) is 12.0. The molecule has 0 radical (unpaired) electrons. The van der Waals surface area contributed by atoms with Crippen molar-refractivity contribution in [1.29, 1.82) is 0 Å². The van der Waals surface area contributed by atoms with Gasteiger partial charge in [-0.05, 0) is 103 Å². The van der Waals surface area contributed by atoms with E-state index in [9.17, 15) is 0 Å². The predicted molar refractivity (Wildman–Crippen MR) is 220 cm³/mol. The maximum Gasteiger partial charge on any atom is 0.0467 e. The smallest absolute Gasteiger partial charge is 0.0467 e. The van der Waals surface area contributed by atoms with Gasteiger partial charge in [0.2, 0.25) is 0 Å². The highest BCUT2D eigenvalue weighted by Gasteiger charge is 2.31. The normalized spacial score (nSPS) is 15.9. The van der Waals surface area contributed by atoms with Gasteiger partial charge in [0.25, 0.3) is 0 Å². The van der Waals surface area contributed by atoms with Crippen molar-refractivity contribution in [3.8, 4) is 33.4 Å². The number of hydrogen-bond acceptors (Lipinski definition) is 1. The Morgan fingerprint density at radius 1 is 0.404 bits per heavy atom. The van der Waals surface area contributed by atoms with Crippen LogP contribution in [0.5, 0.6) is 0 Å². The molecule has 7 aromatic carbocycles. The number of fused-ring (bicyclic) bond motifs is 2. The van der Waals surface area contributed by atoms with Gasteiger partial charge in [0.05, 0.1) is 0 Å². The molecule has 0 amide bonds. The van der Waals surface area contributed by atoms with E-state index in [2.05, 4.69) is 218 Å². The van der Waals surface area contributed by atoms with Crippen LogP contribution >= 0.6 is 0 Å². The Balaban J connectivity index is 1.14. The quantitative estimate of drug-likeness (QED) is 0.164. The maximum absolute atomic E-state index is 2.39. The molecule has 0 heterocycles. The Kier molecular flexibility index (Phi) is 8.10. The third kappa shape index (κ3) is 5.91. The van der Waals surface area contributed by atoms with Crippen LogP contribution < -0.4 is 15.3 Å². The van der Waals surface area contributed by atoms with Crippen LogP contribution in [0.25, 0.3) is 44.5 Å². The summed E-state index contributed by atoms with van der Waals surface area (Å²) in [4.78, 5) is 2.39. The zero-order chi connectivity index (χ0) is 34.9. The van der Waals surface area contributed by atoms with Crippen LogP contribution in [0.3, 0.4) is 0 Å². The zero-order valence-corrected chi connectivity index (χ0v) is 29.3. The largest absolute Gasteiger partial charge is 0.310 e. The second-order valence-corrected chi connectivity index (χ2v) is 14.0. The van der Waals surface area contributed by atoms with Gasteiger partial charge in [-0.1, -0.05) is 177 Å². The second-order valence-electron chi connectivity index (χ2n) is 14.0. The van der Waals surface area contributed by atoms with Crippen molar-refractivity contribution in [2.75, 3.05) is 4.90 Å². The van der Waals surface area contributed by atoms with Gasteiger partial charge < -0.3 is 4.90 Å². The Labute approximate surface area is 306 Å². The highest BCUT2D eigenvalue weighted by atomic mass is 15.1. The Bertz CT molecular complexity index is 2580. The number of anilines is 3. The highest BCUT2D eigenvalue weighted by Crippen LogP contribution is 2.43. The van der Waals surface area contributed by atoms with E-state index in [0.717, 1.165) is 23.5 Å². The summed E-state index contributed by atoms with van der Waals surface area (Å²) in [6.45, 7) is 2.37. The fraction of sp³-hybridized carbons (Fsp3) is 0.0588. The average Bonchev–Trinajstić information content (AvgIpc) is 3.22. The molecule has 0 saturated carbocycles. The lowest BCUT2D eigenvalue weighted by Crippen LogP contribution is -2.39. The summed E-state index contributed by atoms with van der Waals surface area (Å²) in [5.74, 6) is 0. The molecule has 1 unspecified atom stereocenters. The molecule has 1 nitrogen and oxygen atoms in total. The molecule has 0 spiro atoms. The van der Waals surface area contributed by atoms with Crippen molar-refractivity contribution >= 4 is 28.2 Å². The third-order valence-corrected chi connectivity index (χ3v) is 10.7. The SMILES string of the molecule is CC12C=CC=CC1=c1ccccc1=C(c1ccc(N(c3cccc(-c4ccccc4)c3)c3cccc(-c4ccc(-c5ccccc5)cc4)c3)cc1)C2. The minimum atomic E-state index is -0.0270. The average molecular weight is 666 g/mol. The van der Waals surface area contributed by atoms with Crippen molar-refractivity contribution in [3.05, 3.63) is 222 Å². The molecule has 0 N–H and O–H groups in total. The van der Waals surface area contributed by atoms with Gasteiger partial charge in [0.15, 0.2) is 0 Å². The van der Waals surface area contributed by atoms with E-state index in [-0.39, 0.29) is 5.41 Å². The van der Waals surface area contributed by atoms with E-state index >= 15 is 0 Å². The molecular formula is C51H39N. The first-order valence-electron chi connectivity index (χ1n) is 18.1. The molecule has 2 aliphatic carbocycles. The number of rotatable bonds is 7. The molecule has 52 heavy (non-hydrogen) atoms. The molecule has 1 atom stereocenters. The molecule has 0 bridgehead atoms. The molecule has 9 rings (SSSR count). The Morgan fingerprint density at radius 2 is 0.885 bits per heavy atom. The van der Waals surface area contributed by atoms with Crippen LogP contribution in [0.2, 0.25) is 0 Å². The molecule has 7 aromatic rings. The van der Waals surface area contributed by atoms with Gasteiger partial charge in [-0.3, -0.25) is 0 Å². The summed E-state index contributed by atoms with van der Waals surface area (Å²) >= 11 is 0. The van der Waals surface area contributed by atoms with Crippen molar-refractivity contribution in [1.82, 2.24) is 0 Å². The van der Waals surface area contributed by atoms with Gasteiger partial charge in [-0.2, -0.15) is 0 Å². The third-order valence-electron chi connectivity index (χ3n) is 10.7. The van der Waals surface area contributed by atoms with Crippen LogP contribution in [-0.2, 0) is 0 Å². The number of hydrogen-bond donors (Lipinski definition) is 0. The van der Waals surface area contributed by atoms with Gasteiger partial charge >= 0.3 is 0 Å². The summed E-state index contributed by atoms with van der Waals surface area (Å²) in [6.07, 6.45) is 10.0. The summed E-state index contributed by atoms with van der Waals surface area (Å²) in [5.41, 5.74) is 14.6. The highest BCUT2D eigenvalue weighted by molar-refractivity contribution is 5.84. The van der Waals surface area contributed by atoms with Crippen LogP contribution in [0, 0.1) is 5.41 Å². The summed E-state index contributed by atoms with van der Waals surface area (Å²) in [7, 11) is 0. The van der Waals surface area contributed by atoms with E-state index < -0.39 is 0 Å². The van der Waals surface area contributed by atoms with Crippen LogP contribution in [-0.4, -0.2) is 0 Å². The second kappa shape index (κ2) is 13.4. The van der Waals surface area contributed by atoms with E-state index in [0.29, 0.717) is 0 Å². The van der Waals surface area contributed by atoms with Crippen LogP contribution in [0.4, 0.5) is 17.1 Å². The molecule has 0 aliphatic heterocycles. The van der Waals surface area contributed by atoms with E-state index in [1.807, 2.05) is 0 Å². The van der Waals surface area contributed by atoms with Crippen LogP contribution in [0.1, 0.15) is 18.9 Å². The van der Waals surface area contributed by atoms with Crippen molar-refractivity contribution < 1.29 is 0 Å². The summed E-state index contributed by atoms with van der Waals surface area (Å²) in [6, 6.07) is 66.0. The topological polar surface area (TPSA) is 3.24 Å². The summed E-state index contributed by atoms with van der Waals surface area (Å²) < 4.78 is 0. The molecule has 248 valence electrons. The minimum absolute atomic E-state index is 0.0270. The number of benzene rings is 7. The molecule has 0 fully saturated rings. The molecular weight excluding hydrogens is 627 g/mol. The standard InChI is InChI=1S/C51H39N/c1-51-33-11-10-24-50(51)48-23-9-8-22-47(48)49(36-51)41-29-31-44(32-30-41)52(45-20-12-18-42(34-45)38-16-6-3-7-17-38)46-21-13-19-43(35-46)40-27-25-39(26-28-40)37-14-4-2-5-15-37/h2-35H,36H2,1H3. The zero-order valence-electron chi connectivity index (χ0n) is 29.3. The van der Waals surface area contributed by atoms with Crippen LogP contribution in [0.15, 0.2) is 206 Å². The number of nitrogens with zero attached hydrogens (tertiary/aromatic N) is 1. The monoisotopic (exact) mass is 665 g/mol. The van der Waals surface area contributed by atoms with E-state index in [4.69, 9.17) is 0 Å². The minimum Gasteiger partial charge on any atom is -0.310 e. The molecule has 0 saturated heterocycles. The molecule has 1 heteroatoms. The lowest BCUT2D eigenvalue weighted by Gasteiger charge is -2.34.